The summed E-state index contributed by atoms with van der Waals surface area (Å²) >= 11 is 0. The van der Waals surface area contributed by atoms with Crippen molar-refractivity contribution in [1.29, 1.82) is 0 Å². The van der Waals surface area contributed by atoms with E-state index in [0.717, 1.165) is 41.4 Å². The molecule has 2 aromatic carbocycles. The number of benzene rings is 2. The van der Waals surface area contributed by atoms with Crippen LogP contribution in [0.25, 0.3) is 22.2 Å². The van der Waals surface area contributed by atoms with Gasteiger partial charge in [0, 0.05) is 29.1 Å². The number of halogens is 2. The van der Waals surface area contributed by atoms with Crippen LogP contribution in [0, 0.1) is 0 Å². The summed E-state index contributed by atoms with van der Waals surface area (Å²) in [4.78, 5) is 26.8. The minimum atomic E-state index is -3.00. The van der Waals surface area contributed by atoms with Crippen molar-refractivity contribution < 1.29 is 18.3 Å². The second-order valence-electron chi connectivity index (χ2n) is 9.72. The number of fused-ring (bicyclic) bond motifs is 9. The van der Waals surface area contributed by atoms with Gasteiger partial charge >= 0.3 is 6.61 Å². The normalized spacial score (nSPS) is 21.5. The van der Waals surface area contributed by atoms with Crippen LogP contribution >= 0.6 is 0 Å². The number of nitrogens with two attached hydrogens (primary N) is 1. The van der Waals surface area contributed by atoms with E-state index in [-0.39, 0.29) is 23.7 Å². The number of rotatable bonds is 4. The largest absolute Gasteiger partial charge is 0.434 e. The zero-order chi connectivity index (χ0) is 24.6. The van der Waals surface area contributed by atoms with Crippen LogP contribution in [-0.2, 0) is 5.54 Å². The second-order valence-corrected chi connectivity index (χ2v) is 9.72. The molecule has 1 aliphatic carbocycles. The summed E-state index contributed by atoms with van der Waals surface area (Å²) < 4.78 is 33.3. The molecule has 2 bridgehead atoms. The van der Waals surface area contributed by atoms with Crippen molar-refractivity contribution >= 4 is 16.9 Å². The molecule has 7 rings (SSSR count). The fourth-order valence-corrected chi connectivity index (χ4v) is 5.71. The van der Waals surface area contributed by atoms with Crippen molar-refractivity contribution in [3.8, 4) is 16.9 Å². The molecule has 3 N–H and O–H groups in total. The van der Waals surface area contributed by atoms with Crippen LogP contribution in [0.3, 0.4) is 0 Å². The van der Waals surface area contributed by atoms with E-state index >= 15 is 0 Å². The molecule has 4 aromatic rings. The van der Waals surface area contributed by atoms with Crippen molar-refractivity contribution in [2.75, 3.05) is 0 Å². The van der Waals surface area contributed by atoms with Gasteiger partial charge in [0.1, 0.15) is 17.4 Å². The van der Waals surface area contributed by atoms with Crippen molar-refractivity contribution in [1.82, 2.24) is 24.8 Å². The summed E-state index contributed by atoms with van der Waals surface area (Å²) in [6.07, 6.45) is 6.92. The molecule has 0 radical (unpaired) electrons. The molecule has 2 atom stereocenters. The minimum absolute atomic E-state index is 0.00449. The molecule has 1 saturated carbocycles. The van der Waals surface area contributed by atoms with Crippen LogP contribution in [0.1, 0.15) is 65.3 Å². The first-order valence-corrected chi connectivity index (χ1v) is 11.9. The Morgan fingerprint density at radius 3 is 2.67 bits per heavy atom. The fourth-order valence-electron chi connectivity index (χ4n) is 5.71. The zero-order valence-corrected chi connectivity index (χ0v) is 19.1. The van der Waals surface area contributed by atoms with Crippen molar-refractivity contribution in [2.24, 2.45) is 5.73 Å². The number of hydrogen-bond donors (Lipinski definition) is 2. The highest BCUT2D eigenvalue weighted by atomic mass is 19.3. The van der Waals surface area contributed by atoms with E-state index in [9.17, 15) is 13.6 Å². The summed E-state index contributed by atoms with van der Waals surface area (Å²) in [5.41, 5.74) is 10.0. The molecule has 0 spiro atoms. The lowest BCUT2D eigenvalue weighted by atomic mass is 9.77. The summed E-state index contributed by atoms with van der Waals surface area (Å²) in [5.74, 6) is 1.04. The third-order valence-electron chi connectivity index (χ3n) is 7.64. The van der Waals surface area contributed by atoms with Crippen molar-refractivity contribution in [2.45, 2.75) is 49.9 Å². The average Bonchev–Trinajstić information content (AvgIpc) is 3.34. The number of hydrogen-bond acceptors (Lipinski definition) is 6. The lowest BCUT2D eigenvalue weighted by Gasteiger charge is -2.36. The molecule has 4 heterocycles. The Hall–Kier alpha value is -3.92. The molecule has 36 heavy (non-hydrogen) atoms. The topological polar surface area (TPSA) is 108 Å². The summed E-state index contributed by atoms with van der Waals surface area (Å²) in [7, 11) is 0. The Labute approximate surface area is 204 Å². The van der Waals surface area contributed by atoms with E-state index < -0.39 is 12.2 Å². The van der Waals surface area contributed by atoms with Crippen molar-refractivity contribution in [3.63, 3.8) is 0 Å². The highest BCUT2D eigenvalue weighted by molar-refractivity contribution is 5.98. The Morgan fingerprint density at radius 1 is 1.14 bits per heavy atom. The molecule has 3 aliphatic rings. The number of carbonyl (C=O) groups excluding carboxylic acids is 1. The second kappa shape index (κ2) is 7.54. The number of nitrogens with one attached hydrogen (secondary N) is 1. The van der Waals surface area contributed by atoms with Crippen LogP contribution in [0.4, 0.5) is 8.78 Å². The Balaban J connectivity index is 1.35. The summed E-state index contributed by atoms with van der Waals surface area (Å²) in [5, 5.41) is 3.00. The number of imidazole rings is 1. The Morgan fingerprint density at radius 2 is 1.94 bits per heavy atom. The van der Waals surface area contributed by atoms with Gasteiger partial charge in [0.15, 0.2) is 0 Å². The first-order valence-electron chi connectivity index (χ1n) is 11.9. The van der Waals surface area contributed by atoms with E-state index in [1.165, 1.54) is 6.07 Å². The summed E-state index contributed by atoms with van der Waals surface area (Å²) in [6, 6.07) is 9.81. The molecule has 2 aromatic heterocycles. The van der Waals surface area contributed by atoms with Gasteiger partial charge in [0.2, 0.25) is 0 Å². The fraction of sp³-hybridized carbons (Fsp3) is 0.308. The van der Waals surface area contributed by atoms with E-state index in [4.69, 9.17) is 15.5 Å². The molecule has 182 valence electrons. The van der Waals surface area contributed by atoms with Gasteiger partial charge in [-0.25, -0.2) is 15.0 Å². The lowest BCUT2D eigenvalue weighted by molar-refractivity contribution is -0.0507. The molecule has 0 unspecified atom stereocenters. The maximum absolute atomic E-state index is 13.2. The van der Waals surface area contributed by atoms with Gasteiger partial charge in [0.25, 0.3) is 5.91 Å². The van der Waals surface area contributed by atoms with Crippen molar-refractivity contribution in [3.05, 3.63) is 71.6 Å². The number of alkyl halides is 2. The van der Waals surface area contributed by atoms with Crippen LogP contribution < -0.4 is 15.8 Å². The van der Waals surface area contributed by atoms with E-state index in [1.807, 2.05) is 22.8 Å². The standard InChI is InChI=1S/C26H22F2N6O2/c27-25(28)36-20-4-1-3-15-21(20)19-10-17(33-23(15)35)22-32-16-6-5-13(9-18(16)34(19)22)14-11-30-24(31-12-14)26(29)7-2-8-26/h1,3-6,9,11-12,17,19,25H,2,7-8,10,29H2,(H,33,35)/t17-,19-/m1/s1. The third-order valence-corrected chi connectivity index (χ3v) is 7.64. The predicted octanol–water partition coefficient (Wildman–Crippen LogP) is 4.21. The number of carbonyl (C=O) groups is 1. The molecule has 1 fully saturated rings. The van der Waals surface area contributed by atoms with E-state index in [2.05, 4.69) is 15.3 Å². The lowest BCUT2D eigenvalue weighted by Crippen LogP contribution is -2.44. The van der Waals surface area contributed by atoms with Gasteiger partial charge < -0.3 is 20.4 Å². The quantitative estimate of drug-likeness (QED) is 0.446. The minimum Gasteiger partial charge on any atom is -0.434 e. The van der Waals surface area contributed by atoms with E-state index in [1.54, 1.807) is 24.5 Å². The predicted molar refractivity (Wildman–Crippen MR) is 127 cm³/mol. The molecule has 1 amide bonds. The molecule has 2 aliphatic heterocycles. The zero-order valence-electron chi connectivity index (χ0n) is 19.1. The number of nitrogens with zero attached hydrogens (tertiary/aromatic N) is 4. The third kappa shape index (κ3) is 3.07. The van der Waals surface area contributed by atoms with Crippen LogP contribution in [-0.4, -0.2) is 32.0 Å². The molecular weight excluding hydrogens is 466 g/mol. The van der Waals surface area contributed by atoms with Crippen LogP contribution in [0.2, 0.25) is 0 Å². The van der Waals surface area contributed by atoms with Gasteiger partial charge in [-0.1, -0.05) is 12.1 Å². The molecular formula is C26H22F2N6O2. The Bertz CT molecular complexity index is 1530. The maximum atomic E-state index is 13.2. The Kier molecular flexibility index (Phi) is 4.47. The number of aromatic nitrogens is 4. The maximum Gasteiger partial charge on any atom is 0.387 e. The van der Waals surface area contributed by atoms with E-state index in [0.29, 0.717) is 29.2 Å². The van der Waals surface area contributed by atoms with Crippen LogP contribution in [0.5, 0.6) is 5.75 Å². The van der Waals surface area contributed by atoms with Gasteiger partial charge in [-0.15, -0.1) is 0 Å². The molecule has 0 saturated heterocycles. The summed E-state index contributed by atoms with van der Waals surface area (Å²) in [6.45, 7) is -3.00. The SMILES string of the molecule is NC1(c2ncc(-c3ccc4nc5n(c4c3)[C@@H]3C[C@H]5NC(=O)c4cccc(OC(F)F)c43)cn2)CCC1. The molecule has 10 heteroatoms. The highest BCUT2D eigenvalue weighted by Crippen LogP contribution is 2.47. The number of amides is 1. The number of ether oxygens (including phenoxy) is 1. The van der Waals surface area contributed by atoms with Gasteiger partial charge in [-0.05, 0) is 55.5 Å². The monoisotopic (exact) mass is 488 g/mol. The van der Waals surface area contributed by atoms with Gasteiger partial charge in [-0.3, -0.25) is 4.79 Å². The van der Waals surface area contributed by atoms with Gasteiger partial charge in [0.05, 0.1) is 28.7 Å². The molecule has 8 nitrogen and oxygen atoms in total. The average molecular weight is 488 g/mol. The first kappa shape index (κ1) is 21.4. The smallest absolute Gasteiger partial charge is 0.387 e. The van der Waals surface area contributed by atoms with Crippen LogP contribution in [0.15, 0.2) is 48.8 Å². The highest BCUT2D eigenvalue weighted by Gasteiger charge is 2.42. The van der Waals surface area contributed by atoms with Gasteiger partial charge in [-0.2, -0.15) is 8.78 Å². The first-order chi connectivity index (χ1) is 17.4.